The zero-order valence-electron chi connectivity index (χ0n) is 10.9. The van der Waals surface area contributed by atoms with Gasteiger partial charge in [-0.25, -0.2) is 0 Å². The number of ketones is 1. The van der Waals surface area contributed by atoms with Gasteiger partial charge in [0.25, 0.3) is 5.69 Å². The van der Waals surface area contributed by atoms with Crippen LogP contribution in [0.1, 0.15) is 22.8 Å². The number of nitro benzene ring substituents is 1. The van der Waals surface area contributed by atoms with Gasteiger partial charge in [0, 0.05) is 17.7 Å². The Bertz CT molecular complexity index is 658. The van der Waals surface area contributed by atoms with E-state index >= 15 is 0 Å². The van der Waals surface area contributed by atoms with Gasteiger partial charge in [0.15, 0.2) is 5.78 Å². The van der Waals surface area contributed by atoms with Crippen molar-refractivity contribution in [2.24, 2.45) is 0 Å². The smallest absolute Gasteiger partial charge is 0.269 e. The number of rotatable bonds is 4. The van der Waals surface area contributed by atoms with E-state index in [1.807, 2.05) is 18.2 Å². The normalized spacial score (nSPS) is 11.2. The van der Waals surface area contributed by atoms with E-state index < -0.39 is 4.92 Å². The van der Waals surface area contributed by atoms with Gasteiger partial charge in [-0.3, -0.25) is 14.9 Å². The summed E-state index contributed by atoms with van der Waals surface area (Å²) in [6.45, 7) is 1.73. The van der Waals surface area contributed by atoms with Gasteiger partial charge in [-0.15, -0.1) is 0 Å². The highest BCUT2D eigenvalue weighted by Crippen LogP contribution is 2.16. The van der Waals surface area contributed by atoms with Crippen molar-refractivity contribution in [1.29, 1.82) is 0 Å². The molecule has 0 aromatic heterocycles. The summed E-state index contributed by atoms with van der Waals surface area (Å²) in [4.78, 5) is 22.3. The van der Waals surface area contributed by atoms with Crippen molar-refractivity contribution in [2.75, 3.05) is 0 Å². The summed E-state index contributed by atoms with van der Waals surface area (Å²) in [5.74, 6) is -0.0519. The number of non-ortho nitro benzene ring substituents is 1. The summed E-state index contributed by atoms with van der Waals surface area (Å²) in [6, 6.07) is 15.1. The third-order valence-electron chi connectivity index (χ3n) is 2.88. The van der Waals surface area contributed by atoms with Crippen molar-refractivity contribution >= 4 is 17.5 Å². The number of allylic oxidation sites excluding steroid dienone is 1. The zero-order valence-corrected chi connectivity index (χ0v) is 10.9. The first-order valence-electron chi connectivity index (χ1n) is 6.10. The molecule has 0 amide bonds. The minimum Gasteiger partial charge on any atom is -0.289 e. The minimum absolute atomic E-state index is 0.0363. The summed E-state index contributed by atoms with van der Waals surface area (Å²) in [5.41, 5.74) is 2.01. The van der Waals surface area contributed by atoms with Gasteiger partial charge in [-0.05, 0) is 36.3 Å². The Hall–Kier alpha value is -2.75. The van der Waals surface area contributed by atoms with E-state index in [2.05, 4.69) is 0 Å². The number of carbonyl (C=O) groups is 1. The molecule has 0 fully saturated rings. The Labute approximate surface area is 116 Å². The van der Waals surface area contributed by atoms with Crippen LogP contribution in [0.5, 0.6) is 0 Å². The fourth-order valence-electron chi connectivity index (χ4n) is 1.83. The SMILES string of the molecule is CC(=Cc1ccc([N+](=O)[O-])cc1)C(=O)c1ccccc1. The average molecular weight is 267 g/mol. The molecule has 100 valence electrons. The molecule has 0 heterocycles. The van der Waals surface area contributed by atoms with E-state index in [-0.39, 0.29) is 11.5 Å². The first-order chi connectivity index (χ1) is 9.58. The molecule has 4 heteroatoms. The van der Waals surface area contributed by atoms with Crippen molar-refractivity contribution in [3.8, 4) is 0 Å². The monoisotopic (exact) mass is 267 g/mol. The molecule has 0 atom stereocenters. The molecule has 0 aliphatic carbocycles. The summed E-state index contributed by atoms with van der Waals surface area (Å²) >= 11 is 0. The van der Waals surface area contributed by atoms with Gasteiger partial charge >= 0.3 is 0 Å². The lowest BCUT2D eigenvalue weighted by molar-refractivity contribution is -0.384. The number of nitrogens with zero attached hydrogens (tertiary/aromatic N) is 1. The Morgan fingerprint density at radius 2 is 1.65 bits per heavy atom. The number of hydrogen-bond acceptors (Lipinski definition) is 3. The molecule has 0 spiro atoms. The highest BCUT2D eigenvalue weighted by molar-refractivity contribution is 6.10. The van der Waals surface area contributed by atoms with Crippen LogP contribution in [-0.4, -0.2) is 10.7 Å². The Morgan fingerprint density at radius 1 is 1.05 bits per heavy atom. The van der Waals surface area contributed by atoms with Gasteiger partial charge in [0.05, 0.1) is 4.92 Å². The second-order valence-electron chi connectivity index (χ2n) is 4.37. The number of carbonyl (C=O) groups excluding carboxylic acids is 1. The number of nitro groups is 1. The molecule has 4 nitrogen and oxygen atoms in total. The molecule has 0 bridgehead atoms. The maximum Gasteiger partial charge on any atom is 0.269 e. The quantitative estimate of drug-likeness (QED) is 0.365. The largest absolute Gasteiger partial charge is 0.289 e. The molecule has 0 radical (unpaired) electrons. The predicted octanol–water partition coefficient (Wildman–Crippen LogP) is 3.88. The van der Waals surface area contributed by atoms with Crippen LogP contribution in [0.2, 0.25) is 0 Å². The second-order valence-corrected chi connectivity index (χ2v) is 4.37. The van der Waals surface area contributed by atoms with Crippen LogP contribution in [0.3, 0.4) is 0 Å². The molecule has 2 aromatic carbocycles. The molecule has 2 rings (SSSR count). The molecule has 0 aliphatic heterocycles. The van der Waals surface area contributed by atoms with E-state index in [4.69, 9.17) is 0 Å². The molecule has 0 N–H and O–H groups in total. The second kappa shape index (κ2) is 5.93. The van der Waals surface area contributed by atoms with E-state index in [0.717, 1.165) is 5.56 Å². The van der Waals surface area contributed by atoms with Crippen LogP contribution >= 0.6 is 0 Å². The first-order valence-corrected chi connectivity index (χ1v) is 6.10. The molecule has 0 aliphatic rings. The van der Waals surface area contributed by atoms with E-state index in [9.17, 15) is 14.9 Å². The molecule has 2 aromatic rings. The predicted molar refractivity (Wildman–Crippen MR) is 77.5 cm³/mol. The lowest BCUT2D eigenvalue weighted by atomic mass is 10.0. The Kier molecular flexibility index (Phi) is 4.05. The van der Waals surface area contributed by atoms with Crippen molar-refractivity contribution in [3.05, 3.63) is 81.4 Å². The molecule has 0 saturated carbocycles. The molecule has 0 saturated heterocycles. The van der Waals surface area contributed by atoms with E-state index in [0.29, 0.717) is 11.1 Å². The van der Waals surface area contributed by atoms with Gasteiger partial charge in [0.2, 0.25) is 0 Å². The first kappa shape index (κ1) is 13.7. The van der Waals surface area contributed by atoms with Gasteiger partial charge in [-0.1, -0.05) is 30.3 Å². The van der Waals surface area contributed by atoms with Crippen LogP contribution in [0.4, 0.5) is 5.69 Å². The fourth-order valence-corrected chi connectivity index (χ4v) is 1.83. The minimum atomic E-state index is -0.449. The lowest BCUT2D eigenvalue weighted by Gasteiger charge is -2.01. The van der Waals surface area contributed by atoms with Crippen molar-refractivity contribution < 1.29 is 9.72 Å². The van der Waals surface area contributed by atoms with E-state index in [1.165, 1.54) is 12.1 Å². The lowest BCUT2D eigenvalue weighted by Crippen LogP contribution is -1.99. The molecule has 0 unspecified atom stereocenters. The fraction of sp³-hybridized carbons (Fsp3) is 0.0625. The average Bonchev–Trinajstić information content (AvgIpc) is 2.48. The topological polar surface area (TPSA) is 60.2 Å². The third-order valence-corrected chi connectivity index (χ3v) is 2.88. The molecular weight excluding hydrogens is 254 g/mol. The summed E-state index contributed by atoms with van der Waals surface area (Å²) in [6.07, 6.45) is 1.72. The van der Waals surface area contributed by atoms with Crippen molar-refractivity contribution in [1.82, 2.24) is 0 Å². The van der Waals surface area contributed by atoms with Crippen LogP contribution in [0.25, 0.3) is 6.08 Å². The standard InChI is InChI=1S/C16H13NO3/c1-12(16(18)14-5-3-2-4-6-14)11-13-7-9-15(10-8-13)17(19)20/h2-11H,1H3. The summed E-state index contributed by atoms with van der Waals surface area (Å²) < 4.78 is 0. The Balaban J connectivity index is 2.22. The highest BCUT2D eigenvalue weighted by Gasteiger charge is 2.08. The van der Waals surface area contributed by atoms with Gasteiger partial charge in [0.1, 0.15) is 0 Å². The van der Waals surface area contributed by atoms with Gasteiger partial charge in [-0.2, -0.15) is 0 Å². The highest BCUT2D eigenvalue weighted by atomic mass is 16.6. The van der Waals surface area contributed by atoms with Crippen LogP contribution in [0, 0.1) is 10.1 Å². The van der Waals surface area contributed by atoms with E-state index in [1.54, 1.807) is 37.3 Å². The summed E-state index contributed by atoms with van der Waals surface area (Å²) in [7, 11) is 0. The maximum absolute atomic E-state index is 12.1. The Morgan fingerprint density at radius 3 is 2.20 bits per heavy atom. The van der Waals surface area contributed by atoms with Crippen LogP contribution < -0.4 is 0 Å². The van der Waals surface area contributed by atoms with Crippen molar-refractivity contribution in [2.45, 2.75) is 6.92 Å². The van der Waals surface area contributed by atoms with Crippen molar-refractivity contribution in [3.63, 3.8) is 0 Å². The van der Waals surface area contributed by atoms with Crippen LogP contribution in [0.15, 0.2) is 60.2 Å². The number of hydrogen-bond donors (Lipinski definition) is 0. The zero-order chi connectivity index (χ0) is 14.5. The van der Waals surface area contributed by atoms with Gasteiger partial charge < -0.3 is 0 Å². The maximum atomic E-state index is 12.1. The summed E-state index contributed by atoms with van der Waals surface area (Å²) in [5, 5.41) is 10.6. The third kappa shape index (κ3) is 3.17. The number of benzene rings is 2. The molecular formula is C16H13NO3. The number of Topliss-reactive ketones (excluding diaryl/α,β-unsaturated/α-hetero) is 1. The molecule has 20 heavy (non-hydrogen) atoms. The van der Waals surface area contributed by atoms with Crippen LogP contribution in [-0.2, 0) is 0 Å².